The van der Waals surface area contributed by atoms with Crippen LogP contribution in [0, 0.1) is 23.2 Å². The molecule has 2 aromatic carbocycles. The van der Waals surface area contributed by atoms with E-state index in [9.17, 15) is 9.59 Å². The van der Waals surface area contributed by atoms with Gasteiger partial charge < -0.3 is 14.5 Å². The third kappa shape index (κ3) is 3.68. The highest BCUT2D eigenvalue weighted by atomic mass is 16.5. The van der Waals surface area contributed by atoms with Gasteiger partial charge in [0.2, 0.25) is 0 Å². The molecule has 2 amide bonds. The predicted octanol–water partition coefficient (Wildman–Crippen LogP) is 1.44. The maximum atomic E-state index is 12.9. The van der Waals surface area contributed by atoms with E-state index in [1.165, 1.54) is 0 Å². The van der Waals surface area contributed by atoms with Crippen LogP contribution >= 0.6 is 0 Å². The van der Waals surface area contributed by atoms with E-state index in [4.69, 9.17) is 10.00 Å². The van der Waals surface area contributed by atoms with Crippen molar-refractivity contribution >= 4 is 22.8 Å². The number of nitriles is 1. The van der Waals surface area contributed by atoms with Gasteiger partial charge in [-0.3, -0.25) is 9.59 Å². The van der Waals surface area contributed by atoms with Gasteiger partial charge in [0.15, 0.2) is 6.61 Å². The smallest absolute Gasteiger partial charge is 0.260 e. The van der Waals surface area contributed by atoms with Gasteiger partial charge in [-0.15, -0.1) is 0 Å². The molecular weight excluding hydrogens is 396 g/mol. The van der Waals surface area contributed by atoms with Crippen LogP contribution in [0.2, 0.25) is 0 Å². The molecule has 2 aliphatic heterocycles. The molecule has 156 valence electrons. The summed E-state index contributed by atoms with van der Waals surface area (Å²) in [6, 6.07) is 14.1. The first-order chi connectivity index (χ1) is 15.1. The molecule has 9 nitrogen and oxygen atoms in total. The average molecular weight is 416 g/mol. The van der Waals surface area contributed by atoms with E-state index >= 15 is 0 Å². The number of nitrogens with one attached hydrogen (secondary N) is 1. The molecule has 2 aliphatic rings. The minimum absolute atomic E-state index is 0.0127. The lowest BCUT2D eigenvalue weighted by Gasteiger charge is -2.22. The Morgan fingerprint density at radius 3 is 2.39 bits per heavy atom. The number of aromatic amines is 1. The Kier molecular flexibility index (Phi) is 4.75. The monoisotopic (exact) mass is 416 g/mol. The summed E-state index contributed by atoms with van der Waals surface area (Å²) in [5.74, 6) is 1.04. The van der Waals surface area contributed by atoms with Crippen LogP contribution in [0.4, 0.5) is 0 Å². The molecule has 0 saturated carbocycles. The zero-order valence-corrected chi connectivity index (χ0v) is 16.7. The maximum Gasteiger partial charge on any atom is 0.260 e. The Labute approximate surface area is 178 Å². The number of likely N-dealkylation sites (tertiary alicyclic amines) is 2. The number of amides is 2. The van der Waals surface area contributed by atoms with Gasteiger partial charge in [-0.1, -0.05) is 0 Å². The van der Waals surface area contributed by atoms with Crippen molar-refractivity contribution in [2.75, 3.05) is 32.8 Å². The molecule has 2 atom stereocenters. The number of hydrogen-bond acceptors (Lipinski definition) is 6. The van der Waals surface area contributed by atoms with Gasteiger partial charge in [0.25, 0.3) is 11.8 Å². The Morgan fingerprint density at radius 1 is 1.00 bits per heavy atom. The van der Waals surface area contributed by atoms with Gasteiger partial charge in [-0.05, 0) is 42.5 Å². The van der Waals surface area contributed by atoms with Crippen LogP contribution in [0.1, 0.15) is 15.9 Å². The number of carbonyl (C=O) groups excluding carboxylic acids is 2. The first-order valence-electron chi connectivity index (χ1n) is 10.1. The fourth-order valence-corrected chi connectivity index (χ4v) is 4.38. The van der Waals surface area contributed by atoms with Crippen LogP contribution in [0.5, 0.6) is 5.75 Å². The van der Waals surface area contributed by atoms with Gasteiger partial charge in [0.1, 0.15) is 16.8 Å². The summed E-state index contributed by atoms with van der Waals surface area (Å²) in [5, 5.41) is 19.5. The molecule has 0 spiro atoms. The molecule has 3 heterocycles. The van der Waals surface area contributed by atoms with E-state index in [1.54, 1.807) is 42.5 Å². The van der Waals surface area contributed by atoms with Gasteiger partial charge >= 0.3 is 0 Å². The second kappa shape index (κ2) is 7.72. The number of nitrogens with zero attached hydrogens (tertiary/aromatic N) is 5. The van der Waals surface area contributed by atoms with Gasteiger partial charge in [-0.2, -0.15) is 20.7 Å². The zero-order chi connectivity index (χ0) is 21.4. The number of rotatable bonds is 4. The maximum absolute atomic E-state index is 12.9. The fourth-order valence-electron chi connectivity index (χ4n) is 4.38. The van der Waals surface area contributed by atoms with Crippen LogP contribution in [0.25, 0.3) is 11.0 Å². The van der Waals surface area contributed by atoms with E-state index in [1.807, 2.05) is 15.9 Å². The van der Waals surface area contributed by atoms with Crippen molar-refractivity contribution in [1.29, 1.82) is 5.26 Å². The average Bonchev–Trinajstić information content (AvgIpc) is 3.51. The van der Waals surface area contributed by atoms with Gasteiger partial charge in [-0.25, -0.2) is 0 Å². The van der Waals surface area contributed by atoms with Crippen LogP contribution in [0.15, 0.2) is 42.5 Å². The third-order valence-electron chi connectivity index (χ3n) is 6.04. The molecular formula is C22H20N6O3. The number of H-pyrrole nitrogens is 1. The lowest BCUT2D eigenvalue weighted by atomic mass is 10.0. The second-order valence-electron chi connectivity index (χ2n) is 7.98. The molecule has 0 unspecified atom stereocenters. The molecule has 0 radical (unpaired) electrons. The first kappa shape index (κ1) is 19.1. The molecule has 0 aliphatic carbocycles. The zero-order valence-electron chi connectivity index (χ0n) is 16.7. The lowest BCUT2D eigenvalue weighted by Crippen LogP contribution is -2.37. The summed E-state index contributed by atoms with van der Waals surface area (Å²) in [7, 11) is 0. The van der Waals surface area contributed by atoms with E-state index in [0.717, 1.165) is 5.52 Å². The lowest BCUT2D eigenvalue weighted by molar-refractivity contribution is -0.132. The predicted molar refractivity (Wildman–Crippen MR) is 110 cm³/mol. The summed E-state index contributed by atoms with van der Waals surface area (Å²) in [6.07, 6.45) is 0. The summed E-state index contributed by atoms with van der Waals surface area (Å²) >= 11 is 0. The molecule has 1 aromatic heterocycles. The van der Waals surface area contributed by atoms with Crippen LogP contribution in [-0.2, 0) is 4.79 Å². The van der Waals surface area contributed by atoms with Crippen LogP contribution < -0.4 is 4.74 Å². The molecule has 9 heteroatoms. The van der Waals surface area contributed by atoms with E-state index in [0.29, 0.717) is 48.6 Å². The molecule has 3 aromatic rings. The number of aromatic nitrogens is 3. The van der Waals surface area contributed by atoms with Crippen molar-refractivity contribution in [2.24, 2.45) is 11.8 Å². The molecule has 5 rings (SSSR count). The van der Waals surface area contributed by atoms with Crippen molar-refractivity contribution in [2.45, 2.75) is 0 Å². The van der Waals surface area contributed by atoms with Crippen molar-refractivity contribution in [1.82, 2.24) is 25.2 Å². The highest BCUT2D eigenvalue weighted by molar-refractivity contribution is 5.97. The highest BCUT2D eigenvalue weighted by Crippen LogP contribution is 2.32. The normalized spacial score (nSPS) is 20.0. The van der Waals surface area contributed by atoms with E-state index < -0.39 is 0 Å². The molecule has 2 saturated heterocycles. The van der Waals surface area contributed by atoms with Gasteiger partial charge in [0.05, 0.1) is 11.6 Å². The summed E-state index contributed by atoms with van der Waals surface area (Å²) in [5.41, 5.74) is 2.55. The molecule has 31 heavy (non-hydrogen) atoms. The Morgan fingerprint density at radius 2 is 1.68 bits per heavy atom. The fraction of sp³-hybridized carbons (Fsp3) is 0.318. The van der Waals surface area contributed by atoms with Gasteiger partial charge in [0, 0.05) is 43.6 Å². The molecule has 2 fully saturated rings. The Balaban J connectivity index is 1.15. The Bertz CT molecular complexity index is 1170. The number of ether oxygens (including phenoxy) is 1. The standard InChI is InChI=1S/C22H20N6O3/c23-8-14-1-4-18(5-2-14)31-13-21(29)27-9-16-11-28(12-17(16)10-27)22(30)15-3-6-19-20(7-15)25-26-24-19/h1-7,16-17H,9-13H2,(H,24,25,26)/t16-,17-/m1/s1. The number of carbonyl (C=O) groups is 2. The topological polar surface area (TPSA) is 115 Å². The van der Waals surface area contributed by atoms with Crippen molar-refractivity contribution < 1.29 is 14.3 Å². The van der Waals surface area contributed by atoms with E-state index in [2.05, 4.69) is 15.4 Å². The summed E-state index contributed by atoms with van der Waals surface area (Å²) in [4.78, 5) is 29.2. The minimum atomic E-state index is -0.0619. The number of hydrogen-bond donors (Lipinski definition) is 1. The second-order valence-corrected chi connectivity index (χ2v) is 7.98. The van der Waals surface area contributed by atoms with Crippen molar-refractivity contribution in [3.05, 3.63) is 53.6 Å². The number of benzene rings is 2. The quantitative estimate of drug-likeness (QED) is 0.688. The first-order valence-corrected chi connectivity index (χ1v) is 10.1. The molecule has 0 bridgehead atoms. The SMILES string of the molecule is N#Cc1ccc(OCC(=O)N2C[C@@H]3CN(C(=O)c4ccc5n[nH]nc5c4)C[C@H]3C2)cc1. The largest absolute Gasteiger partial charge is 0.484 e. The summed E-state index contributed by atoms with van der Waals surface area (Å²) < 4.78 is 5.57. The molecule has 1 N–H and O–H groups in total. The van der Waals surface area contributed by atoms with Crippen LogP contribution in [-0.4, -0.2) is 69.8 Å². The van der Waals surface area contributed by atoms with E-state index in [-0.39, 0.29) is 30.3 Å². The highest BCUT2D eigenvalue weighted by Gasteiger charge is 2.43. The van der Waals surface area contributed by atoms with Crippen molar-refractivity contribution in [3.8, 4) is 11.8 Å². The number of fused-ring (bicyclic) bond motifs is 2. The van der Waals surface area contributed by atoms with Crippen molar-refractivity contribution in [3.63, 3.8) is 0 Å². The third-order valence-corrected chi connectivity index (χ3v) is 6.04. The minimum Gasteiger partial charge on any atom is -0.484 e. The Hall–Kier alpha value is -3.93. The van der Waals surface area contributed by atoms with Crippen LogP contribution in [0.3, 0.4) is 0 Å². The summed E-state index contributed by atoms with van der Waals surface area (Å²) in [6.45, 7) is 2.51.